The van der Waals surface area contributed by atoms with Crippen molar-refractivity contribution in [1.82, 2.24) is 5.32 Å². The fourth-order valence-electron chi connectivity index (χ4n) is 2.46. The van der Waals surface area contributed by atoms with E-state index in [1.165, 1.54) is 6.07 Å². The summed E-state index contributed by atoms with van der Waals surface area (Å²) in [5.41, 5.74) is 1.06. The minimum absolute atomic E-state index is 0.152. The molecule has 2 nitrogen and oxygen atoms in total. The molecular formula is C14H20FNO. The molecule has 0 aliphatic carbocycles. The maximum atomic E-state index is 13.1. The van der Waals surface area contributed by atoms with Gasteiger partial charge < -0.3 is 10.1 Å². The van der Waals surface area contributed by atoms with Crippen LogP contribution in [-0.2, 0) is 11.2 Å². The lowest BCUT2D eigenvalue weighted by atomic mass is 9.93. The first-order valence-electron chi connectivity index (χ1n) is 6.35. The highest BCUT2D eigenvalue weighted by Crippen LogP contribution is 2.20. The zero-order valence-corrected chi connectivity index (χ0v) is 10.3. The third kappa shape index (κ3) is 3.51. The lowest BCUT2D eigenvalue weighted by Crippen LogP contribution is -2.38. The van der Waals surface area contributed by atoms with Crippen molar-refractivity contribution < 1.29 is 9.13 Å². The second-order valence-electron chi connectivity index (χ2n) is 4.62. The van der Waals surface area contributed by atoms with Crippen molar-refractivity contribution in [3.8, 4) is 0 Å². The zero-order chi connectivity index (χ0) is 12.1. The van der Waals surface area contributed by atoms with Crippen LogP contribution in [0.4, 0.5) is 4.39 Å². The van der Waals surface area contributed by atoms with Gasteiger partial charge in [-0.1, -0.05) is 19.1 Å². The molecule has 1 aromatic carbocycles. The van der Waals surface area contributed by atoms with Crippen molar-refractivity contribution in [3.05, 3.63) is 35.6 Å². The van der Waals surface area contributed by atoms with E-state index in [0.29, 0.717) is 12.0 Å². The van der Waals surface area contributed by atoms with Crippen LogP contribution in [0.1, 0.15) is 18.9 Å². The molecule has 0 amide bonds. The molecule has 1 heterocycles. The van der Waals surface area contributed by atoms with E-state index >= 15 is 0 Å². The molecule has 2 unspecified atom stereocenters. The van der Waals surface area contributed by atoms with E-state index in [0.717, 1.165) is 38.2 Å². The molecule has 1 aliphatic rings. The number of halogens is 1. The highest BCUT2D eigenvalue weighted by molar-refractivity contribution is 5.17. The first-order valence-corrected chi connectivity index (χ1v) is 6.35. The zero-order valence-electron chi connectivity index (χ0n) is 10.3. The first-order chi connectivity index (χ1) is 8.29. The third-order valence-electron chi connectivity index (χ3n) is 3.34. The molecule has 0 spiro atoms. The number of rotatable bonds is 5. The minimum atomic E-state index is -0.152. The Morgan fingerprint density at radius 1 is 1.53 bits per heavy atom. The molecule has 1 aromatic rings. The summed E-state index contributed by atoms with van der Waals surface area (Å²) >= 11 is 0. The standard InChI is InChI=1S/C14H20FNO/c1-2-16-14(12-6-7-17-10-12)9-11-4-3-5-13(15)8-11/h3-5,8,12,14,16H,2,6-7,9-10H2,1H3. The van der Waals surface area contributed by atoms with Crippen molar-refractivity contribution in [2.24, 2.45) is 5.92 Å². The van der Waals surface area contributed by atoms with E-state index in [-0.39, 0.29) is 5.82 Å². The van der Waals surface area contributed by atoms with Crippen molar-refractivity contribution in [2.75, 3.05) is 19.8 Å². The van der Waals surface area contributed by atoms with Crippen LogP contribution in [0.25, 0.3) is 0 Å². The van der Waals surface area contributed by atoms with Gasteiger partial charge in [-0.25, -0.2) is 4.39 Å². The highest BCUT2D eigenvalue weighted by Gasteiger charge is 2.25. The summed E-state index contributed by atoms with van der Waals surface area (Å²) in [6, 6.07) is 7.27. The van der Waals surface area contributed by atoms with Crippen LogP contribution in [0, 0.1) is 11.7 Å². The Balaban J connectivity index is 2.01. The van der Waals surface area contributed by atoms with E-state index in [4.69, 9.17) is 4.74 Å². The SMILES string of the molecule is CCNC(Cc1cccc(F)c1)C1CCOC1. The van der Waals surface area contributed by atoms with Crippen molar-refractivity contribution >= 4 is 0 Å². The molecule has 3 heteroatoms. The molecule has 0 aromatic heterocycles. The molecule has 0 radical (unpaired) electrons. The summed E-state index contributed by atoms with van der Waals surface area (Å²) in [4.78, 5) is 0. The molecule has 1 N–H and O–H groups in total. The lowest BCUT2D eigenvalue weighted by Gasteiger charge is -2.23. The maximum Gasteiger partial charge on any atom is 0.123 e. The Morgan fingerprint density at radius 3 is 3.06 bits per heavy atom. The fraction of sp³-hybridized carbons (Fsp3) is 0.571. The van der Waals surface area contributed by atoms with E-state index < -0.39 is 0 Å². The third-order valence-corrected chi connectivity index (χ3v) is 3.34. The smallest absolute Gasteiger partial charge is 0.123 e. The van der Waals surface area contributed by atoms with Crippen LogP contribution in [0.15, 0.2) is 24.3 Å². The summed E-state index contributed by atoms with van der Waals surface area (Å²) < 4.78 is 18.6. The van der Waals surface area contributed by atoms with Gasteiger partial charge in [-0.15, -0.1) is 0 Å². The Morgan fingerprint density at radius 2 is 2.41 bits per heavy atom. The number of ether oxygens (including phenoxy) is 1. The minimum Gasteiger partial charge on any atom is -0.381 e. The van der Waals surface area contributed by atoms with Gasteiger partial charge in [0.25, 0.3) is 0 Å². The van der Waals surface area contributed by atoms with Gasteiger partial charge in [0, 0.05) is 18.6 Å². The van der Waals surface area contributed by atoms with Gasteiger partial charge >= 0.3 is 0 Å². The number of benzene rings is 1. The van der Waals surface area contributed by atoms with Crippen molar-refractivity contribution in [2.45, 2.75) is 25.8 Å². The van der Waals surface area contributed by atoms with Gasteiger partial charge in [0.1, 0.15) is 5.82 Å². The van der Waals surface area contributed by atoms with E-state index in [1.807, 2.05) is 6.07 Å². The fourth-order valence-corrected chi connectivity index (χ4v) is 2.46. The summed E-state index contributed by atoms with van der Waals surface area (Å²) in [5.74, 6) is 0.402. The van der Waals surface area contributed by atoms with Gasteiger partial charge in [-0.2, -0.15) is 0 Å². The second kappa shape index (κ2) is 6.12. The summed E-state index contributed by atoms with van der Waals surface area (Å²) in [5, 5.41) is 3.49. The van der Waals surface area contributed by atoms with Crippen LogP contribution in [0.3, 0.4) is 0 Å². The predicted molar refractivity (Wildman–Crippen MR) is 66.5 cm³/mol. The molecule has 0 saturated carbocycles. The van der Waals surface area contributed by atoms with Gasteiger partial charge in [-0.05, 0) is 37.1 Å². The molecular weight excluding hydrogens is 217 g/mol. The lowest BCUT2D eigenvalue weighted by molar-refractivity contribution is 0.176. The maximum absolute atomic E-state index is 13.1. The molecule has 0 bridgehead atoms. The summed E-state index contributed by atoms with van der Waals surface area (Å²) in [7, 11) is 0. The van der Waals surface area contributed by atoms with Gasteiger partial charge in [-0.3, -0.25) is 0 Å². The van der Waals surface area contributed by atoms with Crippen LogP contribution in [-0.4, -0.2) is 25.8 Å². The quantitative estimate of drug-likeness (QED) is 0.849. The number of likely N-dealkylation sites (N-methyl/N-ethyl adjacent to an activating group) is 1. The summed E-state index contributed by atoms with van der Waals surface area (Å²) in [6.45, 7) is 4.73. The average Bonchev–Trinajstić information content (AvgIpc) is 2.82. The molecule has 1 fully saturated rings. The van der Waals surface area contributed by atoms with Crippen LogP contribution < -0.4 is 5.32 Å². The van der Waals surface area contributed by atoms with Crippen molar-refractivity contribution in [1.29, 1.82) is 0 Å². The van der Waals surface area contributed by atoms with E-state index in [9.17, 15) is 4.39 Å². The number of hydrogen-bond acceptors (Lipinski definition) is 2. The number of hydrogen-bond donors (Lipinski definition) is 1. The monoisotopic (exact) mass is 237 g/mol. The molecule has 17 heavy (non-hydrogen) atoms. The molecule has 2 rings (SSSR count). The Kier molecular flexibility index (Phi) is 4.51. The Bertz CT molecular complexity index is 350. The average molecular weight is 237 g/mol. The number of nitrogens with one attached hydrogen (secondary N) is 1. The van der Waals surface area contributed by atoms with Crippen molar-refractivity contribution in [3.63, 3.8) is 0 Å². The van der Waals surface area contributed by atoms with E-state index in [2.05, 4.69) is 12.2 Å². The second-order valence-corrected chi connectivity index (χ2v) is 4.62. The highest BCUT2D eigenvalue weighted by atomic mass is 19.1. The normalized spacial score (nSPS) is 21.6. The van der Waals surface area contributed by atoms with Gasteiger partial charge in [0.2, 0.25) is 0 Å². The summed E-state index contributed by atoms with van der Waals surface area (Å²) in [6.07, 6.45) is 1.98. The molecule has 1 saturated heterocycles. The first kappa shape index (κ1) is 12.5. The topological polar surface area (TPSA) is 21.3 Å². The molecule has 2 atom stereocenters. The van der Waals surface area contributed by atoms with Crippen LogP contribution >= 0.6 is 0 Å². The Labute approximate surface area is 102 Å². The Hall–Kier alpha value is -0.930. The van der Waals surface area contributed by atoms with Gasteiger partial charge in [0.15, 0.2) is 0 Å². The van der Waals surface area contributed by atoms with Crippen LogP contribution in [0.5, 0.6) is 0 Å². The molecule has 94 valence electrons. The largest absolute Gasteiger partial charge is 0.381 e. The predicted octanol–water partition coefficient (Wildman–Crippen LogP) is 2.38. The van der Waals surface area contributed by atoms with E-state index in [1.54, 1.807) is 12.1 Å². The van der Waals surface area contributed by atoms with Crippen LogP contribution in [0.2, 0.25) is 0 Å². The molecule has 1 aliphatic heterocycles. The van der Waals surface area contributed by atoms with Gasteiger partial charge in [0.05, 0.1) is 6.61 Å².